The minimum absolute atomic E-state index is 0. The number of carboxylic acid groups (broad SMARTS) is 1. The normalized spacial score (nSPS) is 10.9. The molecule has 75 valence electrons. The van der Waals surface area contributed by atoms with Crippen LogP contribution in [0.5, 0.6) is 0 Å². The topological polar surface area (TPSA) is 109 Å². The summed E-state index contributed by atoms with van der Waals surface area (Å²) >= 11 is 0. The third-order valence-electron chi connectivity index (χ3n) is 1.37. The van der Waals surface area contributed by atoms with E-state index in [1.165, 1.54) is 6.92 Å². The van der Waals surface area contributed by atoms with Crippen LogP contribution in [0.2, 0.25) is 0 Å². The van der Waals surface area contributed by atoms with E-state index in [1.54, 1.807) is 0 Å². The molecule has 2 amide bonds. The Morgan fingerprint density at radius 2 is 1.93 bits per heavy atom. The van der Waals surface area contributed by atoms with Gasteiger partial charge >= 0.3 is 5.97 Å². The van der Waals surface area contributed by atoms with Crippen LogP contribution in [-0.4, -0.2) is 58.5 Å². The molecule has 6 nitrogen and oxygen atoms in total. The van der Waals surface area contributed by atoms with E-state index in [9.17, 15) is 14.4 Å². The first kappa shape index (κ1) is 15.9. The van der Waals surface area contributed by atoms with E-state index in [2.05, 4.69) is 5.32 Å². The number of nitrogens with one attached hydrogen (secondary N) is 1. The SMILES string of the molecule is CC(=O)N[C@@H](CCC(=O)O)C(N)=O.[Na]. The Kier molecular flexibility index (Phi) is 8.82. The number of hydrogen-bond donors (Lipinski definition) is 3. The molecule has 0 aromatic rings. The summed E-state index contributed by atoms with van der Waals surface area (Å²) < 4.78 is 0. The molecule has 1 radical (unpaired) electrons. The largest absolute Gasteiger partial charge is 0.481 e. The molecule has 0 rings (SSSR count). The second-order valence-corrected chi connectivity index (χ2v) is 2.59. The second kappa shape index (κ2) is 7.78. The van der Waals surface area contributed by atoms with E-state index >= 15 is 0 Å². The molecule has 0 aromatic heterocycles. The van der Waals surface area contributed by atoms with Gasteiger partial charge in [-0.1, -0.05) is 0 Å². The van der Waals surface area contributed by atoms with Crippen molar-refractivity contribution in [2.24, 2.45) is 5.73 Å². The van der Waals surface area contributed by atoms with Crippen molar-refractivity contribution in [3.63, 3.8) is 0 Å². The van der Waals surface area contributed by atoms with Gasteiger partial charge in [-0.2, -0.15) is 0 Å². The van der Waals surface area contributed by atoms with Crippen LogP contribution in [0.4, 0.5) is 0 Å². The van der Waals surface area contributed by atoms with Gasteiger partial charge in [0.1, 0.15) is 6.04 Å². The number of aliphatic carboxylic acids is 1. The first-order valence-corrected chi connectivity index (χ1v) is 3.71. The molecule has 14 heavy (non-hydrogen) atoms. The molecule has 7 heteroatoms. The number of hydrogen-bond acceptors (Lipinski definition) is 3. The summed E-state index contributed by atoms with van der Waals surface area (Å²) in [5, 5.41) is 10.6. The predicted octanol–water partition coefficient (Wildman–Crippen LogP) is -1.54. The van der Waals surface area contributed by atoms with Crippen LogP contribution in [0, 0.1) is 0 Å². The number of primary amides is 1. The van der Waals surface area contributed by atoms with Gasteiger partial charge in [-0.25, -0.2) is 0 Å². The van der Waals surface area contributed by atoms with Crippen molar-refractivity contribution in [1.29, 1.82) is 0 Å². The maximum atomic E-state index is 10.7. The van der Waals surface area contributed by atoms with E-state index in [-0.39, 0.29) is 42.4 Å². The minimum atomic E-state index is -1.03. The molecule has 0 saturated carbocycles. The summed E-state index contributed by atoms with van der Waals surface area (Å²) in [6.07, 6.45) is -0.182. The van der Waals surface area contributed by atoms with Crippen molar-refractivity contribution in [3.05, 3.63) is 0 Å². The zero-order chi connectivity index (χ0) is 10.4. The third-order valence-corrected chi connectivity index (χ3v) is 1.37. The van der Waals surface area contributed by atoms with Crippen LogP contribution in [0.3, 0.4) is 0 Å². The number of carbonyl (C=O) groups excluding carboxylic acids is 2. The molecule has 0 aliphatic heterocycles. The van der Waals surface area contributed by atoms with Gasteiger partial charge in [-0.05, 0) is 6.42 Å². The van der Waals surface area contributed by atoms with Crippen LogP contribution in [0.1, 0.15) is 19.8 Å². The van der Waals surface area contributed by atoms with Gasteiger partial charge in [0.2, 0.25) is 11.8 Å². The van der Waals surface area contributed by atoms with Gasteiger partial charge in [0.05, 0.1) is 0 Å². The fourth-order valence-electron chi connectivity index (χ4n) is 0.799. The van der Waals surface area contributed by atoms with Crippen LogP contribution in [0.15, 0.2) is 0 Å². The average molecular weight is 211 g/mol. The van der Waals surface area contributed by atoms with Crippen molar-refractivity contribution >= 4 is 47.3 Å². The molecule has 0 unspecified atom stereocenters. The van der Waals surface area contributed by atoms with E-state index in [4.69, 9.17) is 10.8 Å². The first-order chi connectivity index (χ1) is 5.93. The van der Waals surface area contributed by atoms with Crippen LogP contribution in [0.25, 0.3) is 0 Å². The number of carbonyl (C=O) groups is 3. The summed E-state index contributed by atoms with van der Waals surface area (Å²) in [6, 6.07) is -0.895. The molecule has 1 atom stereocenters. The Morgan fingerprint density at radius 1 is 1.43 bits per heavy atom. The molecule has 0 aliphatic carbocycles. The maximum absolute atomic E-state index is 10.7. The van der Waals surface area contributed by atoms with Gasteiger partial charge in [0.25, 0.3) is 0 Å². The van der Waals surface area contributed by atoms with Crippen molar-refractivity contribution < 1.29 is 19.5 Å². The van der Waals surface area contributed by atoms with Crippen molar-refractivity contribution in [3.8, 4) is 0 Å². The van der Waals surface area contributed by atoms with E-state index in [0.717, 1.165) is 0 Å². The summed E-state index contributed by atoms with van der Waals surface area (Å²) in [7, 11) is 0. The summed E-state index contributed by atoms with van der Waals surface area (Å²) in [6.45, 7) is 1.23. The molecule has 0 spiro atoms. The Labute approximate surface area is 104 Å². The zero-order valence-electron chi connectivity index (χ0n) is 8.24. The molecule has 0 bridgehead atoms. The first-order valence-electron chi connectivity index (χ1n) is 3.71. The minimum Gasteiger partial charge on any atom is -0.481 e. The quantitative estimate of drug-likeness (QED) is 0.479. The Hall–Kier alpha value is -0.590. The van der Waals surface area contributed by atoms with Crippen LogP contribution >= 0.6 is 0 Å². The van der Waals surface area contributed by atoms with Crippen molar-refractivity contribution in [2.45, 2.75) is 25.8 Å². The Bertz CT molecular complexity index is 232. The van der Waals surface area contributed by atoms with Crippen LogP contribution in [-0.2, 0) is 14.4 Å². The van der Waals surface area contributed by atoms with Gasteiger partial charge < -0.3 is 16.2 Å². The van der Waals surface area contributed by atoms with Gasteiger partial charge in [-0.15, -0.1) is 0 Å². The smallest absolute Gasteiger partial charge is 0.303 e. The Balaban J connectivity index is 0. The monoisotopic (exact) mass is 211 g/mol. The number of rotatable bonds is 5. The fourth-order valence-corrected chi connectivity index (χ4v) is 0.799. The summed E-state index contributed by atoms with van der Waals surface area (Å²) in [4.78, 5) is 31.3. The van der Waals surface area contributed by atoms with Gasteiger partial charge in [0.15, 0.2) is 0 Å². The van der Waals surface area contributed by atoms with Crippen molar-refractivity contribution in [2.75, 3.05) is 0 Å². The maximum Gasteiger partial charge on any atom is 0.303 e. The van der Waals surface area contributed by atoms with Gasteiger partial charge in [0, 0.05) is 42.9 Å². The molecular weight excluding hydrogens is 199 g/mol. The van der Waals surface area contributed by atoms with Crippen molar-refractivity contribution in [1.82, 2.24) is 5.32 Å². The predicted molar refractivity (Wildman–Crippen MR) is 49.4 cm³/mol. The number of nitrogens with two attached hydrogens (primary N) is 1. The molecule has 0 saturated heterocycles. The molecule has 0 aliphatic rings. The summed E-state index contributed by atoms with van der Waals surface area (Å²) in [5.41, 5.74) is 4.92. The standard InChI is InChI=1S/C7H12N2O4.Na/c1-4(10)9-5(7(8)13)2-3-6(11)12;/h5H,2-3H2,1H3,(H2,8,13)(H,9,10)(H,11,12);/t5-;/m0./s1. The van der Waals surface area contributed by atoms with Crippen LogP contribution < -0.4 is 11.1 Å². The summed E-state index contributed by atoms with van der Waals surface area (Å²) in [5.74, 6) is -2.16. The fraction of sp³-hybridized carbons (Fsp3) is 0.571. The molecule has 0 aromatic carbocycles. The molecular formula is C7H12N2NaO4. The van der Waals surface area contributed by atoms with E-state index in [1.807, 2.05) is 0 Å². The van der Waals surface area contributed by atoms with E-state index < -0.39 is 23.8 Å². The number of carboxylic acids is 1. The molecule has 0 fully saturated rings. The Morgan fingerprint density at radius 3 is 2.21 bits per heavy atom. The molecule has 0 heterocycles. The number of amides is 2. The molecule has 4 N–H and O–H groups in total. The zero-order valence-corrected chi connectivity index (χ0v) is 10.2. The third kappa shape index (κ3) is 8.03. The van der Waals surface area contributed by atoms with Gasteiger partial charge in [-0.3, -0.25) is 14.4 Å². The average Bonchev–Trinajstić information content (AvgIpc) is 1.96. The van der Waals surface area contributed by atoms with E-state index in [0.29, 0.717) is 0 Å². The second-order valence-electron chi connectivity index (χ2n) is 2.59.